The predicted molar refractivity (Wildman–Crippen MR) is 96.0 cm³/mol. The second-order valence-electron chi connectivity index (χ2n) is 5.08. The van der Waals surface area contributed by atoms with E-state index < -0.39 is 5.97 Å². The van der Waals surface area contributed by atoms with E-state index in [2.05, 4.69) is 25.9 Å². The molecular weight excluding hydrogens is 376 g/mol. The van der Waals surface area contributed by atoms with Gasteiger partial charge < -0.3 is 9.72 Å². The molecule has 0 spiro atoms. The van der Waals surface area contributed by atoms with Gasteiger partial charge in [0.2, 0.25) is 0 Å². The van der Waals surface area contributed by atoms with Crippen molar-refractivity contribution >= 4 is 55.0 Å². The van der Waals surface area contributed by atoms with Crippen LogP contribution in [-0.4, -0.2) is 23.0 Å². The van der Waals surface area contributed by atoms with Crippen LogP contribution in [0.5, 0.6) is 0 Å². The van der Waals surface area contributed by atoms with Crippen molar-refractivity contribution in [1.29, 1.82) is 0 Å². The second kappa shape index (κ2) is 5.47. The van der Waals surface area contributed by atoms with E-state index in [1.54, 1.807) is 17.4 Å². The smallest absolute Gasteiger partial charge is 0.356 e. The fourth-order valence-corrected chi connectivity index (χ4v) is 3.84. The molecule has 0 aliphatic rings. The van der Waals surface area contributed by atoms with Crippen molar-refractivity contribution in [2.75, 3.05) is 7.11 Å². The minimum atomic E-state index is -0.437. The van der Waals surface area contributed by atoms with Gasteiger partial charge in [-0.15, -0.1) is 11.3 Å². The zero-order chi connectivity index (χ0) is 16.0. The van der Waals surface area contributed by atoms with E-state index in [9.17, 15) is 4.79 Å². The van der Waals surface area contributed by atoms with Crippen molar-refractivity contribution in [3.8, 4) is 11.3 Å². The number of H-pyrrole nitrogens is 1. The Bertz CT molecular complexity index is 1050. The van der Waals surface area contributed by atoms with Gasteiger partial charge >= 0.3 is 5.97 Å². The molecular formula is C17H11BrN2O2S. The Balaban J connectivity index is 2.11. The number of thiophene rings is 1. The number of carbonyl (C=O) groups excluding carboxylic acids is 1. The van der Waals surface area contributed by atoms with Gasteiger partial charge in [-0.3, -0.25) is 0 Å². The normalized spacial score (nSPS) is 11.2. The lowest BCUT2D eigenvalue weighted by atomic mass is 10.1. The average molecular weight is 387 g/mol. The van der Waals surface area contributed by atoms with Gasteiger partial charge in [0.25, 0.3) is 0 Å². The van der Waals surface area contributed by atoms with Crippen LogP contribution in [0.25, 0.3) is 33.1 Å². The van der Waals surface area contributed by atoms with Crippen LogP contribution in [-0.2, 0) is 4.74 Å². The minimum absolute atomic E-state index is 0.307. The molecule has 1 N–H and O–H groups in total. The lowest BCUT2D eigenvalue weighted by Gasteiger charge is -2.04. The number of nitrogens with zero attached hydrogens (tertiary/aromatic N) is 1. The Kier molecular flexibility index (Phi) is 3.43. The molecule has 0 saturated heterocycles. The Morgan fingerprint density at radius 3 is 2.83 bits per heavy atom. The van der Waals surface area contributed by atoms with Crippen LogP contribution >= 0.6 is 27.3 Å². The highest BCUT2D eigenvalue weighted by Crippen LogP contribution is 2.35. The number of hydrogen-bond donors (Lipinski definition) is 1. The van der Waals surface area contributed by atoms with Crippen molar-refractivity contribution in [3.05, 3.63) is 51.3 Å². The number of para-hydroxylation sites is 1. The summed E-state index contributed by atoms with van der Waals surface area (Å²) in [5.74, 6) is -0.437. The van der Waals surface area contributed by atoms with Crippen molar-refractivity contribution in [2.24, 2.45) is 0 Å². The van der Waals surface area contributed by atoms with Crippen molar-refractivity contribution in [1.82, 2.24) is 9.97 Å². The molecule has 0 aliphatic carbocycles. The first-order valence-electron chi connectivity index (χ1n) is 6.91. The first kappa shape index (κ1) is 14.4. The number of benzene rings is 1. The zero-order valence-corrected chi connectivity index (χ0v) is 14.5. The van der Waals surface area contributed by atoms with Crippen LogP contribution in [0.2, 0.25) is 0 Å². The second-order valence-corrected chi connectivity index (χ2v) is 7.37. The molecule has 0 saturated carbocycles. The van der Waals surface area contributed by atoms with Gasteiger partial charge in [0.15, 0.2) is 0 Å². The number of fused-ring (bicyclic) bond motifs is 3. The van der Waals surface area contributed by atoms with Crippen LogP contribution < -0.4 is 0 Å². The summed E-state index contributed by atoms with van der Waals surface area (Å²) in [6.45, 7) is 0. The number of rotatable bonds is 2. The lowest BCUT2D eigenvalue weighted by molar-refractivity contribution is 0.0594. The van der Waals surface area contributed by atoms with Crippen LogP contribution in [0.4, 0.5) is 0 Å². The zero-order valence-electron chi connectivity index (χ0n) is 12.1. The molecule has 114 valence electrons. The summed E-state index contributed by atoms with van der Waals surface area (Å²) in [6.07, 6.45) is 0. The maximum Gasteiger partial charge on any atom is 0.356 e. The molecule has 3 heterocycles. The quantitative estimate of drug-likeness (QED) is 0.493. The first-order valence-corrected chi connectivity index (χ1v) is 8.59. The van der Waals surface area contributed by atoms with Gasteiger partial charge in [-0.1, -0.05) is 18.2 Å². The fourth-order valence-electron chi connectivity index (χ4n) is 2.70. The van der Waals surface area contributed by atoms with Crippen LogP contribution in [0, 0.1) is 0 Å². The summed E-state index contributed by atoms with van der Waals surface area (Å²) in [5, 5.41) is 4.04. The number of carbonyl (C=O) groups is 1. The van der Waals surface area contributed by atoms with Crippen molar-refractivity contribution in [3.63, 3.8) is 0 Å². The molecule has 0 radical (unpaired) electrons. The van der Waals surface area contributed by atoms with E-state index in [1.165, 1.54) is 7.11 Å². The van der Waals surface area contributed by atoms with Gasteiger partial charge in [-0.25, -0.2) is 9.78 Å². The number of ether oxygens (including phenoxy) is 1. The minimum Gasteiger partial charge on any atom is -0.464 e. The topological polar surface area (TPSA) is 55.0 Å². The summed E-state index contributed by atoms with van der Waals surface area (Å²) in [6, 6.07) is 11.8. The molecule has 1 aromatic carbocycles. The predicted octanol–water partition coefficient (Wildman–Crippen LogP) is 4.99. The number of nitrogens with one attached hydrogen (secondary N) is 1. The largest absolute Gasteiger partial charge is 0.464 e. The summed E-state index contributed by atoms with van der Waals surface area (Å²) in [7, 11) is 1.37. The van der Waals surface area contributed by atoms with Crippen LogP contribution in [0.1, 0.15) is 10.5 Å². The third-order valence-electron chi connectivity index (χ3n) is 3.73. The third-order valence-corrected chi connectivity index (χ3v) is 5.24. The molecule has 0 atom stereocenters. The van der Waals surface area contributed by atoms with Gasteiger partial charge in [-0.2, -0.15) is 0 Å². The van der Waals surface area contributed by atoms with E-state index in [0.717, 1.165) is 36.8 Å². The van der Waals surface area contributed by atoms with E-state index in [0.29, 0.717) is 5.69 Å². The molecule has 4 nitrogen and oxygen atoms in total. The van der Waals surface area contributed by atoms with Gasteiger partial charge in [0.05, 0.1) is 22.1 Å². The van der Waals surface area contributed by atoms with E-state index in [1.807, 2.05) is 35.7 Å². The highest BCUT2D eigenvalue weighted by molar-refractivity contribution is 9.11. The number of pyridine rings is 1. The van der Waals surface area contributed by atoms with Crippen LogP contribution in [0.3, 0.4) is 0 Å². The van der Waals surface area contributed by atoms with E-state index in [4.69, 9.17) is 4.74 Å². The summed E-state index contributed by atoms with van der Waals surface area (Å²) in [4.78, 5) is 19.9. The first-order chi connectivity index (χ1) is 11.2. The molecule has 6 heteroatoms. The molecule has 3 aromatic heterocycles. The molecule has 0 unspecified atom stereocenters. The molecule has 0 bridgehead atoms. The highest BCUT2D eigenvalue weighted by atomic mass is 79.9. The van der Waals surface area contributed by atoms with Crippen molar-refractivity contribution in [2.45, 2.75) is 0 Å². The number of hydrogen-bond acceptors (Lipinski definition) is 4. The van der Waals surface area contributed by atoms with E-state index in [-0.39, 0.29) is 0 Å². The molecule has 0 aliphatic heterocycles. The lowest BCUT2D eigenvalue weighted by Crippen LogP contribution is -2.05. The molecule has 4 rings (SSSR count). The number of aromatic nitrogens is 2. The average Bonchev–Trinajstić information content (AvgIpc) is 3.16. The molecule has 0 fully saturated rings. The summed E-state index contributed by atoms with van der Waals surface area (Å²) >= 11 is 5.06. The Hall–Kier alpha value is -2.18. The van der Waals surface area contributed by atoms with E-state index >= 15 is 0 Å². The number of halogens is 1. The SMILES string of the molecule is COC(=O)c1cc2c([nH]c3ccccc32)c(-c2csc(Br)c2)n1. The standard InChI is InChI=1S/C17H11BrN2O2S/c1-22-17(21)13-7-11-10-4-2-3-5-12(10)19-16(11)15(20-13)9-6-14(18)23-8-9/h2-8,19H,1H3. The molecule has 23 heavy (non-hydrogen) atoms. The highest BCUT2D eigenvalue weighted by Gasteiger charge is 2.17. The van der Waals surface area contributed by atoms with Gasteiger partial charge in [0, 0.05) is 27.2 Å². The third kappa shape index (κ3) is 2.34. The summed E-state index contributed by atoms with van der Waals surface area (Å²) < 4.78 is 5.87. The fraction of sp³-hybridized carbons (Fsp3) is 0.0588. The maximum absolute atomic E-state index is 12.0. The van der Waals surface area contributed by atoms with Crippen LogP contribution in [0.15, 0.2) is 45.6 Å². The number of methoxy groups -OCH3 is 1. The summed E-state index contributed by atoms with van der Waals surface area (Å²) in [5.41, 5.74) is 3.96. The Morgan fingerprint density at radius 2 is 2.09 bits per heavy atom. The monoisotopic (exact) mass is 386 g/mol. The van der Waals surface area contributed by atoms with Gasteiger partial charge in [-0.05, 0) is 34.1 Å². The van der Waals surface area contributed by atoms with Gasteiger partial charge in [0.1, 0.15) is 5.69 Å². The van der Waals surface area contributed by atoms with Crippen molar-refractivity contribution < 1.29 is 9.53 Å². The Labute approximate surface area is 144 Å². The maximum atomic E-state index is 12.0. The molecule has 0 amide bonds. The number of aromatic amines is 1. The Morgan fingerprint density at radius 1 is 1.26 bits per heavy atom. The molecule has 4 aromatic rings. The number of esters is 1.